The first-order chi connectivity index (χ1) is 22.2. The Bertz CT molecular complexity index is 2280. The predicted molar refractivity (Wildman–Crippen MR) is 188 cm³/mol. The number of aryl methyl sites for hydroxylation is 1. The Hall–Kier alpha value is -3.54. The molecule has 4 aromatic carbocycles. The molecule has 1 aromatic heterocycles. The lowest BCUT2D eigenvalue weighted by molar-refractivity contribution is -0.384. The molecule has 0 fully saturated rings. The Balaban J connectivity index is 1.32. The Kier molecular flexibility index (Phi) is 8.50. The van der Waals surface area contributed by atoms with E-state index in [9.17, 15) is 14.9 Å². The van der Waals surface area contributed by atoms with Gasteiger partial charge in [-0.25, -0.2) is 4.99 Å². The van der Waals surface area contributed by atoms with Crippen molar-refractivity contribution in [2.24, 2.45) is 4.99 Å². The van der Waals surface area contributed by atoms with Crippen LogP contribution in [0.4, 0.5) is 5.69 Å². The number of thiazole rings is 1. The molecule has 1 atom stereocenters. The van der Waals surface area contributed by atoms with Crippen molar-refractivity contribution in [3.05, 3.63) is 161 Å². The highest BCUT2D eigenvalue weighted by atomic mass is 79.9. The van der Waals surface area contributed by atoms with Crippen molar-refractivity contribution in [3.63, 3.8) is 0 Å². The zero-order valence-electron chi connectivity index (χ0n) is 23.7. The van der Waals surface area contributed by atoms with Crippen LogP contribution in [0.1, 0.15) is 40.3 Å². The van der Waals surface area contributed by atoms with Gasteiger partial charge in [-0.1, -0.05) is 77.0 Å². The summed E-state index contributed by atoms with van der Waals surface area (Å²) in [6.07, 6.45) is 3.30. The topological polar surface area (TPSA) is 86.7 Å². The number of halogens is 4. The molecule has 12 heteroatoms. The Morgan fingerprint density at radius 3 is 2.57 bits per heavy atom. The maximum atomic E-state index is 14.1. The molecule has 1 aliphatic heterocycles. The van der Waals surface area contributed by atoms with Gasteiger partial charge in [-0.2, -0.15) is 0 Å². The molecule has 0 amide bonds. The average molecular weight is 798 g/mol. The fourth-order valence-corrected chi connectivity index (χ4v) is 8.79. The first-order valence-electron chi connectivity index (χ1n) is 14.1. The van der Waals surface area contributed by atoms with E-state index in [4.69, 9.17) is 32.9 Å². The number of aromatic nitrogens is 1. The number of benzene rings is 4. The van der Waals surface area contributed by atoms with Crippen molar-refractivity contribution < 1.29 is 9.66 Å². The lowest BCUT2D eigenvalue weighted by atomic mass is 9.83. The third kappa shape index (κ3) is 5.77. The second kappa shape index (κ2) is 12.6. The van der Waals surface area contributed by atoms with Crippen LogP contribution >= 0.6 is 66.4 Å². The summed E-state index contributed by atoms with van der Waals surface area (Å²) >= 11 is 20.9. The zero-order chi connectivity index (χ0) is 32.1. The zero-order valence-corrected chi connectivity index (χ0v) is 29.2. The monoisotopic (exact) mass is 795 g/mol. The first kappa shape index (κ1) is 31.1. The summed E-state index contributed by atoms with van der Waals surface area (Å²) in [6.45, 7) is 0.233. The van der Waals surface area contributed by atoms with Crippen molar-refractivity contribution in [1.82, 2.24) is 4.57 Å². The maximum Gasteiger partial charge on any atom is 0.271 e. The number of ether oxygens (including phenoxy) is 1. The van der Waals surface area contributed by atoms with Crippen molar-refractivity contribution in [2.45, 2.75) is 25.5 Å². The molecule has 0 unspecified atom stereocenters. The number of nitro benzene ring substituents is 1. The van der Waals surface area contributed by atoms with Crippen molar-refractivity contribution >= 4 is 83.9 Å². The molecule has 7 nitrogen and oxygen atoms in total. The lowest BCUT2D eigenvalue weighted by Gasteiger charge is -2.30. The molecular formula is C34H21Br2Cl2N3O4S. The predicted octanol–water partition coefficient (Wildman–Crippen LogP) is 8.64. The second-order valence-electron chi connectivity index (χ2n) is 10.8. The molecular weight excluding hydrogens is 777 g/mol. The van der Waals surface area contributed by atoms with Crippen molar-refractivity contribution in [1.29, 1.82) is 0 Å². The summed E-state index contributed by atoms with van der Waals surface area (Å²) in [4.78, 5) is 31.0. The van der Waals surface area contributed by atoms with Gasteiger partial charge in [0.15, 0.2) is 4.80 Å². The number of non-ortho nitro benzene ring substituents is 1. The highest BCUT2D eigenvalue weighted by Crippen LogP contribution is 2.42. The smallest absolute Gasteiger partial charge is 0.271 e. The van der Waals surface area contributed by atoms with Crippen LogP contribution in [0.2, 0.25) is 10.0 Å². The molecule has 0 saturated carbocycles. The van der Waals surface area contributed by atoms with Crippen LogP contribution in [-0.4, -0.2) is 9.49 Å². The van der Waals surface area contributed by atoms with Crippen molar-refractivity contribution in [3.8, 4) is 5.75 Å². The summed E-state index contributed by atoms with van der Waals surface area (Å²) in [6, 6.07) is 23.1. The molecule has 0 bridgehead atoms. The van der Waals surface area contributed by atoms with Gasteiger partial charge in [0.1, 0.15) is 12.4 Å². The molecule has 5 aromatic rings. The number of nitro groups is 1. The van der Waals surface area contributed by atoms with E-state index in [1.54, 1.807) is 28.8 Å². The average Bonchev–Trinajstić information content (AvgIpc) is 3.34. The second-order valence-corrected chi connectivity index (χ2v) is 14.4. The van der Waals surface area contributed by atoms with E-state index in [0.717, 1.165) is 34.4 Å². The van der Waals surface area contributed by atoms with Gasteiger partial charge in [-0.05, 0) is 97.3 Å². The Morgan fingerprint density at radius 2 is 1.80 bits per heavy atom. The van der Waals surface area contributed by atoms with Crippen LogP contribution in [0.25, 0.3) is 11.8 Å². The highest BCUT2D eigenvalue weighted by Gasteiger charge is 2.33. The highest BCUT2D eigenvalue weighted by molar-refractivity contribution is 9.11. The van der Waals surface area contributed by atoms with Gasteiger partial charge < -0.3 is 4.74 Å². The normalized spacial score (nSPS) is 15.6. The van der Waals surface area contributed by atoms with E-state index in [2.05, 4.69) is 37.9 Å². The van der Waals surface area contributed by atoms with E-state index in [1.165, 1.54) is 23.0 Å². The largest absolute Gasteiger partial charge is 0.486 e. The van der Waals surface area contributed by atoms with E-state index < -0.39 is 11.0 Å². The quantitative estimate of drug-likeness (QED) is 0.127. The van der Waals surface area contributed by atoms with E-state index in [1.807, 2.05) is 48.5 Å². The van der Waals surface area contributed by atoms with Crippen LogP contribution in [0.15, 0.2) is 103 Å². The first-order valence-corrected chi connectivity index (χ1v) is 17.3. The number of fused-ring (bicyclic) bond motifs is 3. The van der Waals surface area contributed by atoms with Gasteiger partial charge in [0.2, 0.25) is 0 Å². The minimum Gasteiger partial charge on any atom is -0.486 e. The summed E-state index contributed by atoms with van der Waals surface area (Å²) in [5.41, 5.74) is 6.03. The van der Waals surface area contributed by atoms with Crippen molar-refractivity contribution in [2.75, 3.05) is 0 Å². The molecule has 46 heavy (non-hydrogen) atoms. The molecule has 7 rings (SSSR count). The molecule has 0 spiro atoms. The number of nitrogens with zero attached hydrogens (tertiary/aromatic N) is 3. The third-order valence-corrected chi connectivity index (χ3v) is 10.7. The van der Waals surface area contributed by atoms with Gasteiger partial charge in [-0.3, -0.25) is 19.5 Å². The van der Waals surface area contributed by atoms with Crippen LogP contribution < -0.4 is 19.6 Å². The standard InChI is InChI=1S/C34H21Br2Cl2N3O4S/c35-26-12-18(13-27(36)32(26)45-17-21-8-10-22(37)16-28(21)38)14-29-33(42)40-31(20-5-3-6-23(15-20)41(43)44)25-11-9-19-4-1-2-7-24(19)30(25)39-34(40)46-29/h1-8,10,12-16,31H,9,11,17H2/b29-14+/t31-/m1/s1. The maximum absolute atomic E-state index is 14.1. The number of hydrogen-bond acceptors (Lipinski definition) is 6. The van der Waals surface area contributed by atoms with Crippen LogP contribution in [0.5, 0.6) is 5.75 Å². The van der Waals surface area contributed by atoms with Gasteiger partial charge >= 0.3 is 0 Å². The molecule has 2 heterocycles. The molecule has 230 valence electrons. The van der Waals surface area contributed by atoms with Crippen LogP contribution in [0.3, 0.4) is 0 Å². The van der Waals surface area contributed by atoms with Gasteiger partial charge in [0.25, 0.3) is 11.2 Å². The molecule has 2 aliphatic rings. The van der Waals surface area contributed by atoms with E-state index in [0.29, 0.717) is 46.1 Å². The molecule has 0 saturated heterocycles. The van der Waals surface area contributed by atoms with Gasteiger partial charge in [0.05, 0.1) is 30.1 Å². The summed E-state index contributed by atoms with van der Waals surface area (Å²) in [5.74, 6) is 0.585. The van der Waals surface area contributed by atoms with Gasteiger partial charge in [0, 0.05) is 33.3 Å². The lowest BCUT2D eigenvalue weighted by Crippen LogP contribution is -2.38. The number of hydrogen-bond donors (Lipinski definition) is 0. The minimum atomic E-state index is -0.518. The number of rotatable bonds is 6. The molecule has 0 radical (unpaired) electrons. The van der Waals surface area contributed by atoms with E-state index >= 15 is 0 Å². The van der Waals surface area contributed by atoms with Crippen LogP contribution in [0, 0.1) is 10.1 Å². The molecule has 0 N–H and O–H groups in total. The van der Waals surface area contributed by atoms with E-state index in [-0.39, 0.29) is 17.9 Å². The summed E-state index contributed by atoms with van der Waals surface area (Å²) in [5, 5.41) is 12.8. The third-order valence-electron chi connectivity index (χ3n) is 7.98. The number of allylic oxidation sites excluding steroid dienone is 1. The summed E-state index contributed by atoms with van der Waals surface area (Å²) in [7, 11) is 0. The fraction of sp³-hybridized carbons (Fsp3) is 0.118. The minimum absolute atomic E-state index is 0.0228. The Morgan fingerprint density at radius 1 is 1.02 bits per heavy atom. The SMILES string of the molecule is O=c1/c(=C\c2cc(Br)c(OCc3ccc(Cl)cc3Cl)c(Br)c2)sc2n1[C@H](c1cccc([N+](=O)[O-])c1)C1=C(N=2)c2ccccc2CC1. The fourth-order valence-electron chi connectivity index (χ4n) is 5.87. The summed E-state index contributed by atoms with van der Waals surface area (Å²) < 4.78 is 9.62. The molecule has 1 aliphatic carbocycles. The van der Waals surface area contributed by atoms with Crippen LogP contribution in [-0.2, 0) is 13.0 Å². The Labute approximate surface area is 293 Å². The van der Waals surface area contributed by atoms with Gasteiger partial charge in [-0.15, -0.1) is 0 Å².